The number of rotatable bonds is 6. The fourth-order valence-corrected chi connectivity index (χ4v) is 3.02. The van der Waals surface area contributed by atoms with Crippen LogP contribution in [0.15, 0.2) is 29.3 Å². The minimum atomic E-state index is -4.83. The number of benzene rings is 1. The predicted octanol–water partition coefficient (Wildman–Crippen LogP) is 3.98. The average molecular weight is 412 g/mol. The van der Waals surface area contributed by atoms with Crippen LogP contribution < -0.4 is 15.8 Å². The third-order valence-corrected chi connectivity index (χ3v) is 4.31. The summed E-state index contributed by atoms with van der Waals surface area (Å²) in [5.41, 5.74) is 5.74. The summed E-state index contributed by atoms with van der Waals surface area (Å²) in [6.07, 6.45) is -7.10. The number of likely N-dealkylation sites (tertiary alicyclic amines) is 1. The molecule has 0 radical (unpaired) electrons. The monoisotopic (exact) mass is 412 g/mol. The normalized spacial score (nSPS) is 17.6. The van der Waals surface area contributed by atoms with Crippen molar-refractivity contribution in [3.05, 3.63) is 24.3 Å². The number of aliphatic imine (C=N–C) groups is 1. The number of nitrogens with zero attached hydrogens (tertiary/aromatic N) is 2. The van der Waals surface area contributed by atoms with Gasteiger partial charge >= 0.3 is 12.5 Å². The van der Waals surface area contributed by atoms with Crippen LogP contribution in [-0.4, -0.2) is 49.6 Å². The van der Waals surface area contributed by atoms with E-state index in [0.29, 0.717) is 38.9 Å². The topological polar surface area (TPSA) is 62.9 Å². The Bertz CT molecular complexity index is 654. The molecule has 1 saturated heterocycles. The van der Waals surface area contributed by atoms with Gasteiger partial charge in [-0.25, -0.2) is 0 Å². The second-order valence-corrected chi connectivity index (χ2v) is 6.56. The van der Waals surface area contributed by atoms with Crippen LogP contribution >= 0.6 is 0 Å². The van der Waals surface area contributed by atoms with Crippen molar-refractivity contribution in [1.29, 1.82) is 0 Å². The maximum Gasteiger partial charge on any atom is 0.573 e. The third-order valence-electron chi connectivity index (χ3n) is 4.31. The molecule has 11 heteroatoms. The number of nitrogens with one attached hydrogen (secondary N) is 1. The number of anilines is 1. The Morgan fingerprint density at radius 3 is 2.39 bits per heavy atom. The molecule has 158 valence electrons. The molecule has 0 spiro atoms. The van der Waals surface area contributed by atoms with E-state index in [9.17, 15) is 26.3 Å². The lowest BCUT2D eigenvalue weighted by Crippen LogP contribution is -2.40. The highest BCUT2D eigenvalue weighted by molar-refractivity contribution is 5.93. The highest BCUT2D eigenvalue weighted by Crippen LogP contribution is 2.30. The zero-order valence-corrected chi connectivity index (χ0v) is 15.0. The van der Waals surface area contributed by atoms with E-state index < -0.39 is 24.8 Å². The zero-order valence-electron chi connectivity index (χ0n) is 15.0. The third kappa shape index (κ3) is 8.24. The van der Waals surface area contributed by atoms with Gasteiger partial charge in [-0.3, -0.25) is 9.89 Å². The first kappa shape index (κ1) is 22.1. The van der Waals surface area contributed by atoms with Crippen LogP contribution in [0, 0.1) is 5.92 Å². The number of hydrogen-bond donors (Lipinski definition) is 2. The predicted molar refractivity (Wildman–Crippen MR) is 93.1 cm³/mol. The molecule has 1 aliphatic rings. The van der Waals surface area contributed by atoms with Gasteiger partial charge in [-0.2, -0.15) is 13.2 Å². The van der Waals surface area contributed by atoms with Crippen molar-refractivity contribution in [2.75, 3.05) is 31.5 Å². The van der Waals surface area contributed by atoms with Gasteiger partial charge in [0.25, 0.3) is 0 Å². The van der Waals surface area contributed by atoms with E-state index in [1.54, 1.807) is 0 Å². The van der Waals surface area contributed by atoms with Gasteiger partial charge in [-0.05, 0) is 50.4 Å². The number of halogens is 6. The quantitative estimate of drug-likeness (QED) is 0.422. The highest BCUT2D eigenvalue weighted by atomic mass is 19.4. The molecule has 1 aromatic rings. The van der Waals surface area contributed by atoms with Crippen molar-refractivity contribution in [1.82, 2.24) is 4.90 Å². The van der Waals surface area contributed by atoms with Gasteiger partial charge in [-0.1, -0.05) is 12.1 Å². The fraction of sp³-hybridized carbons (Fsp3) is 0.588. The van der Waals surface area contributed by atoms with Crippen molar-refractivity contribution in [3.8, 4) is 5.75 Å². The van der Waals surface area contributed by atoms with E-state index in [1.165, 1.54) is 23.1 Å². The molecule has 2 rings (SSSR count). The summed E-state index contributed by atoms with van der Waals surface area (Å²) in [7, 11) is 0. The molecule has 0 aliphatic carbocycles. The van der Waals surface area contributed by atoms with Crippen molar-refractivity contribution in [2.24, 2.45) is 16.6 Å². The lowest BCUT2D eigenvalue weighted by atomic mass is 9.93. The minimum absolute atomic E-state index is 0.0292. The fourth-order valence-electron chi connectivity index (χ4n) is 3.02. The molecule has 3 N–H and O–H groups in total. The Balaban J connectivity index is 1.79. The molecular formula is C17H22F6N4O. The Hall–Kier alpha value is -2.17. The van der Waals surface area contributed by atoms with Crippen LogP contribution in [0.4, 0.5) is 32.0 Å². The molecule has 0 saturated carbocycles. The Morgan fingerprint density at radius 2 is 1.79 bits per heavy atom. The first-order valence-corrected chi connectivity index (χ1v) is 8.72. The van der Waals surface area contributed by atoms with E-state index in [2.05, 4.69) is 15.0 Å². The number of alkyl halides is 6. The summed E-state index contributed by atoms with van der Waals surface area (Å²) in [6, 6.07) is 5.44. The SMILES string of the molecule is NC(=NCCC1CCN(CC(F)(F)F)CC1)Nc1ccccc1OC(F)(F)F. The van der Waals surface area contributed by atoms with Crippen LogP contribution in [-0.2, 0) is 0 Å². The van der Waals surface area contributed by atoms with Gasteiger partial charge in [0.2, 0.25) is 0 Å². The van der Waals surface area contributed by atoms with Gasteiger partial charge in [0.1, 0.15) is 0 Å². The highest BCUT2D eigenvalue weighted by Gasteiger charge is 2.33. The van der Waals surface area contributed by atoms with Crippen LogP contribution in [0.2, 0.25) is 0 Å². The van der Waals surface area contributed by atoms with E-state index in [0.717, 1.165) is 6.07 Å². The lowest BCUT2D eigenvalue weighted by Gasteiger charge is -2.32. The molecule has 1 heterocycles. The molecule has 28 heavy (non-hydrogen) atoms. The minimum Gasteiger partial charge on any atom is -0.404 e. The molecule has 1 fully saturated rings. The number of guanidine groups is 1. The lowest BCUT2D eigenvalue weighted by molar-refractivity contribution is -0.274. The van der Waals surface area contributed by atoms with Crippen molar-refractivity contribution in [2.45, 2.75) is 31.8 Å². The van der Waals surface area contributed by atoms with Crippen molar-refractivity contribution < 1.29 is 31.1 Å². The molecule has 1 aromatic carbocycles. The number of piperidine rings is 1. The molecule has 0 atom stereocenters. The Labute approximate surface area is 158 Å². The van der Waals surface area contributed by atoms with Gasteiger partial charge in [0.15, 0.2) is 11.7 Å². The van der Waals surface area contributed by atoms with E-state index >= 15 is 0 Å². The number of ether oxygens (including phenoxy) is 1. The zero-order chi connectivity index (χ0) is 20.8. The maximum atomic E-state index is 12.4. The summed E-state index contributed by atoms with van der Waals surface area (Å²) in [4.78, 5) is 5.46. The van der Waals surface area contributed by atoms with E-state index in [4.69, 9.17) is 5.73 Å². The van der Waals surface area contributed by atoms with Gasteiger partial charge in [0, 0.05) is 6.54 Å². The summed E-state index contributed by atoms with van der Waals surface area (Å²) in [5.74, 6) is -0.250. The Kier molecular flexibility index (Phi) is 7.39. The van der Waals surface area contributed by atoms with Crippen LogP contribution in [0.25, 0.3) is 0 Å². The molecule has 1 aliphatic heterocycles. The van der Waals surface area contributed by atoms with Crippen LogP contribution in [0.5, 0.6) is 5.75 Å². The summed E-state index contributed by atoms with van der Waals surface area (Å²) in [5, 5.41) is 2.57. The molecule has 0 bridgehead atoms. The number of nitrogens with two attached hydrogens (primary N) is 1. The molecule has 5 nitrogen and oxygen atoms in total. The average Bonchev–Trinajstić information content (AvgIpc) is 2.56. The molecule has 0 aromatic heterocycles. The smallest absolute Gasteiger partial charge is 0.404 e. The second kappa shape index (κ2) is 9.35. The number of hydrogen-bond acceptors (Lipinski definition) is 3. The maximum absolute atomic E-state index is 12.4. The van der Waals surface area contributed by atoms with Gasteiger partial charge in [-0.15, -0.1) is 13.2 Å². The second-order valence-electron chi connectivity index (χ2n) is 6.56. The summed E-state index contributed by atoms with van der Waals surface area (Å²) < 4.78 is 78.3. The van der Waals surface area contributed by atoms with Gasteiger partial charge in [0.05, 0.1) is 12.2 Å². The van der Waals surface area contributed by atoms with E-state index in [1.807, 2.05) is 0 Å². The molecule has 0 amide bonds. The van der Waals surface area contributed by atoms with E-state index in [-0.39, 0.29) is 17.6 Å². The molecular weight excluding hydrogens is 390 g/mol. The van der Waals surface area contributed by atoms with Crippen molar-refractivity contribution in [3.63, 3.8) is 0 Å². The largest absolute Gasteiger partial charge is 0.573 e. The first-order valence-electron chi connectivity index (χ1n) is 8.72. The number of para-hydroxylation sites is 2. The Morgan fingerprint density at radius 1 is 1.14 bits per heavy atom. The standard InChI is InChI=1S/C17H22F6N4O/c18-16(19,20)11-27-9-6-12(7-10-27)5-8-25-15(24)26-13-3-1-2-4-14(13)28-17(21,22)23/h1-4,12H,5-11H2,(H3,24,25,26). The van der Waals surface area contributed by atoms with Gasteiger partial charge < -0.3 is 15.8 Å². The first-order chi connectivity index (χ1) is 13.0. The summed E-state index contributed by atoms with van der Waals surface area (Å²) in [6.45, 7) is 0.187. The van der Waals surface area contributed by atoms with Crippen molar-refractivity contribution >= 4 is 11.6 Å². The molecule has 0 unspecified atom stereocenters. The van der Waals surface area contributed by atoms with Crippen LogP contribution in [0.3, 0.4) is 0 Å². The summed E-state index contributed by atoms with van der Waals surface area (Å²) >= 11 is 0. The van der Waals surface area contributed by atoms with Crippen LogP contribution in [0.1, 0.15) is 19.3 Å².